The van der Waals surface area contributed by atoms with Crippen LogP contribution in [0.1, 0.15) is 51.9 Å². The van der Waals surface area contributed by atoms with E-state index in [9.17, 15) is 4.79 Å². The fourth-order valence-electron chi connectivity index (χ4n) is 2.83. The molecule has 92 valence electrons. The molecule has 2 unspecified atom stereocenters. The molecule has 0 bridgehead atoms. The van der Waals surface area contributed by atoms with Crippen LogP contribution in [0, 0.1) is 11.3 Å². The van der Waals surface area contributed by atoms with Crippen LogP contribution in [0.5, 0.6) is 0 Å². The van der Waals surface area contributed by atoms with Crippen molar-refractivity contribution in [2.75, 3.05) is 6.54 Å². The third-order valence-corrected chi connectivity index (χ3v) is 4.39. The Hall–Kier alpha value is -0.570. The first-order valence-electron chi connectivity index (χ1n) is 6.70. The van der Waals surface area contributed by atoms with Crippen molar-refractivity contribution in [2.24, 2.45) is 17.1 Å². The van der Waals surface area contributed by atoms with E-state index in [1.165, 1.54) is 12.8 Å². The summed E-state index contributed by atoms with van der Waals surface area (Å²) >= 11 is 0. The first-order chi connectivity index (χ1) is 7.66. The first-order valence-corrected chi connectivity index (χ1v) is 6.70. The van der Waals surface area contributed by atoms with E-state index in [1.807, 2.05) is 0 Å². The molecule has 0 radical (unpaired) electrons. The molecule has 0 aromatic rings. The number of nitrogens with two attached hydrogens (primary N) is 1. The lowest BCUT2D eigenvalue weighted by molar-refractivity contribution is -0.126. The van der Waals surface area contributed by atoms with E-state index in [0.29, 0.717) is 12.0 Å². The van der Waals surface area contributed by atoms with Crippen LogP contribution in [0.4, 0.5) is 0 Å². The van der Waals surface area contributed by atoms with Crippen LogP contribution in [0.15, 0.2) is 0 Å². The Morgan fingerprint density at radius 1 is 1.44 bits per heavy atom. The molecule has 2 fully saturated rings. The van der Waals surface area contributed by atoms with Gasteiger partial charge in [-0.05, 0) is 44.4 Å². The van der Waals surface area contributed by atoms with Crippen molar-refractivity contribution in [1.82, 2.24) is 5.32 Å². The van der Waals surface area contributed by atoms with E-state index >= 15 is 0 Å². The van der Waals surface area contributed by atoms with Gasteiger partial charge in [0.15, 0.2) is 0 Å². The van der Waals surface area contributed by atoms with Gasteiger partial charge in [-0.15, -0.1) is 0 Å². The summed E-state index contributed by atoms with van der Waals surface area (Å²) < 4.78 is 0. The van der Waals surface area contributed by atoms with Crippen molar-refractivity contribution in [2.45, 2.75) is 57.9 Å². The molecule has 3 heteroatoms. The predicted octanol–water partition coefficient (Wildman–Crippen LogP) is 1.81. The molecular formula is C13H24N2O. The van der Waals surface area contributed by atoms with Crippen LogP contribution in [0.3, 0.4) is 0 Å². The molecule has 16 heavy (non-hydrogen) atoms. The van der Waals surface area contributed by atoms with Gasteiger partial charge in [-0.3, -0.25) is 4.79 Å². The smallest absolute Gasteiger partial charge is 0.226 e. The summed E-state index contributed by atoms with van der Waals surface area (Å²) in [6.45, 7) is 2.96. The SMILES string of the molecule is CCC1(C(=O)NCC2CCCC(N)C2)CC1. The van der Waals surface area contributed by atoms with Crippen LogP contribution in [-0.2, 0) is 4.79 Å². The maximum absolute atomic E-state index is 11.9. The molecule has 0 aromatic carbocycles. The van der Waals surface area contributed by atoms with E-state index in [-0.39, 0.29) is 11.3 Å². The van der Waals surface area contributed by atoms with Gasteiger partial charge in [0.1, 0.15) is 0 Å². The molecule has 0 aliphatic heterocycles. The van der Waals surface area contributed by atoms with Gasteiger partial charge in [0, 0.05) is 18.0 Å². The molecule has 3 N–H and O–H groups in total. The topological polar surface area (TPSA) is 55.1 Å². The fourth-order valence-corrected chi connectivity index (χ4v) is 2.83. The summed E-state index contributed by atoms with van der Waals surface area (Å²) in [4.78, 5) is 11.9. The van der Waals surface area contributed by atoms with E-state index in [0.717, 1.165) is 38.6 Å². The molecule has 2 rings (SSSR count). The monoisotopic (exact) mass is 224 g/mol. The fraction of sp³-hybridized carbons (Fsp3) is 0.923. The lowest BCUT2D eigenvalue weighted by atomic mass is 9.86. The van der Waals surface area contributed by atoms with Crippen LogP contribution >= 0.6 is 0 Å². The molecule has 2 aliphatic rings. The van der Waals surface area contributed by atoms with Crippen LogP contribution < -0.4 is 11.1 Å². The van der Waals surface area contributed by atoms with Crippen LogP contribution in [-0.4, -0.2) is 18.5 Å². The minimum Gasteiger partial charge on any atom is -0.355 e. The Morgan fingerprint density at radius 3 is 2.75 bits per heavy atom. The molecule has 2 aliphatic carbocycles. The largest absolute Gasteiger partial charge is 0.355 e. The van der Waals surface area contributed by atoms with Crippen molar-refractivity contribution in [1.29, 1.82) is 0 Å². The standard InChI is InChI=1S/C13H24N2O/c1-2-13(6-7-13)12(16)15-9-10-4-3-5-11(14)8-10/h10-11H,2-9,14H2,1H3,(H,15,16). The maximum atomic E-state index is 11.9. The summed E-state index contributed by atoms with van der Waals surface area (Å²) in [7, 11) is 0. The Morgan fingerprint density at radius 2 is 2.19 bits per heavy atom. The Bertz CT molecular complexity index is 261. The second-order valence-corrected chi connectivity index (χ2v) is 5.64. The quantitative estimate of drug-likeness (QED) is 0.765. The van der Waals surface area contributed by atoms with Crippen molar-refractivity contribution in [3.8, 4) is 0 Å². The number of amides is 1. The lowest BCUT2D eigenvalue weighted by Crippen LogP contribution is -2.38. The van der Waals surface area contributed by atoms with Crippen molar-refractivity contribution in [3.63, 3.8) is 0 Å². The van der Waals surface area contributed by atoms with Crippen LogP contribution in [0.2, 0.25) is 0 Å². The third kappa shape index (κ3) is 2.57. The molecule has 2 saturated carbocycles. The second-order valence-electron chi connectivity index (χ2n) is 5.64. The summed E-state index contributed by atoms with van der Waals surface area (Å²) in [6, 6.07) is 0.358. The highest BCUT2D eigenvalue weighted by molar-refractivity contribution is 5.85. The summed E-state index contributed by atoms with van der Waals surface area (Å²) in [5.74, 6) is 0.898. The van der Waals surface area contributed by atoms with E-state index in [2.05, 4.69) is 12.2 Å². The van der Waals surface area contributed by atoms with E-state index in [4.69, 9.17) is 5.73 Å². The highest BCUT2D eigenvalue weighted by atomic mass is 16.2. The van der Waals surface area contributed by atoms with Gasteiger partial charge in [0.2, 0.25) is 5.91 Å². The van der Waals surface area contributed by atoms with Crippen molar-refractivity contribution < 1.29 is 4.79 Å². The van der Waals surface area contributed by atoms with E-state index in [1.54, 1.807) is 0 Å². The van der Waals surface area contributed by atoms with Crippen molar-refractivity contribution >= 4 is 5.91 Å². The number of carbonyl (C=O) groups is 1. The van der Waals surface area contributed by atoms with Gasteiger partial charge in [0.05, 0.1) is 0 Å². The van der Waals surface area contributed by atoms with Crippen LogP contribution in [0.25, 0.3) is 0 Å². The van der Waals surface area contributed by atoms with Gasteiger partial charge in [-0.2, -0.15) is 0 Å². The number of nitrogens with one attached hydrogen (secondary N) is 1. The van der Waals surface area contributed by atoms with Gasteiger partial charge in [-0.1, -0.05) is 13.3 Å². The highest BCUT2D eigenvalue weighted by Gasteiger charge is 2.47. The average Bonchev–Trinajstić information content (AvgIpc) is 3.07. The second kappa shape index (κ2) is 4.74. The molecule has 1 amide bonds. The first kappa shape index (κ1) is 11.9. The van der Waals surface area contributed by atoms with E-state index < -0.39 is 0 Å². The third-order valence-electron chi connectivity index (χ3n) is 4.39. The summed E-state index contributed by atoms with van der Waals surface area (Å²) in [5, 5.41) is 3.13. The normalized spacial score (nSPS) is 32.1. The molecule has 0 spiro atoms. The summed E-state index contributed by atoms with van der Waals surface area (Å²) in [6.07, 6.45) is 7.85. The van der Waals surface area contributed by atoms with Gasteiger partial charge < -0.3 is 11.1 Å². The Labute approximate surface area is 98.2 Å². The molecule has 0 heterocycles. The Balaban J connectivity index is 1.72. The number of carbonyl (C=O) groups excluding carboxylic acids is 1. The number of rotatable bonds is 4. The zero-order valence-electron chi connectivity index (χ0n) is 10.3. The zero-order chi connectivity index (χ0) is 11.6. The van der Waals surface area contributed by atoms with Gasteiger partial charge in [0.25, 0.3) is 0 Å². The molecule has 0 saturated heterocycles. The minimum atomic E-state index is 0.0107. The molecule has 2 atom stereocenters. The summed E-state index contributed by atoms with van der Waals surface area (Å²) in [5.41, 5.74) is 5.95. The molecule has 3 nitrogen and oxygen atoms in total. The minimum absolute atomic E-state index is 0.0107. The van der Waals surface area contributed by atoms with Gasteiger partial charge in [-0.25, -0.2) is 0 Å². The predicted molar refractivity (Wildman–Crippen MR) is 64.9 cm³/mol. The average molecular weight is 224 g/mol. The molecular weight excluding hydrogens is 200 g/mol. The Kier molecular flexibility index (Phi) is 3.53. The molecule has 0 aromatic heterocycles. The lowest BCUT2D eigenvalue weighted by Gasteiger charge is -2.27. The maximum Gasteiger partial charge on any atom is 0.226 e. The number of hydrogen-bond acceptors (Lipinski definition) is 2. The highest BCUT2D eigenvalue weighted by Crippen LogP contribution is 2.48. The van der Waals surface area contributed by atoms with Crippen molar-refractivity contribution in [3.05, 3.63) is 0 Å². The van der Waals surface area contributed by atoms with Gasteiger partial charge >= 0.3 is 0 Å². The zero-order valence-corrected chi connectivity index (χ0v) is 10.3. The number of hydrogen-bond donors (Lipinski definition) is 2.